The minimum Gasteiger partial charge on any atom is -0.507 e. The minimum atomic E-state index is -0.283. The van der Waals surface area contributed by atoms with Crippen LogP contribution in [0.15, 0.2) is 18.2 Å². The zero-order chi connectivity index (χ0) is 14.9. The lowest BCUT2D eigenvalue weighted by atomic mass is 10.1. The van der Waals surface area contributed by atoms with Crippen LogP contribution in [-0.2, 0) is 13.6 Å². The topological polar surface area (TPSA) is 67.2 Å². The number of aryl methyl sites for hydroxylation is 3. The number of carbonyl (C=O) groups excluding carboxylic acids is 1. The summed E-state index contributed by atoms with van der Waals surface area (Å²) in [6.45, 7) is 6.16. The quantitative estimate of drug-likeness (QED) is 0.898. The second-order valence-corrected chi connectivity index (χ2v) is 4.98. The van der Waals surface area contributed by atoms with Gasteiger partial charge in [0, 0.05) is 24.8 Å². The number of hydrogen-bond acceptors (Lipinski definition) is 3. The zero-order valence-electron chi connectivity index (χ0n) is 12.2. The van der Waals surface area contributed by atoms with Gasteiger partial charge in [0.2, 0.25) is 0 Å². The van der Waals surface area contributed by atoms with Gasteiger partial charge in [0.05, 0.1) is 11.3 Å². The van der Waals surface area contributed by atoms with Crippen molar-refractivity contribution in [3.63, 3.8) is 0 Å². The summed E-state index contributed by atoms with van der Waals surface area (Å²) in [6, 6.07) is 4.97. The molecule has 0 fully saturated rings. The molecule has 20 heavy (non-hydrogen) atoms. The summed E-state index contributed by atoms with van der Waals surface area (Å²) in [5.41, 5.74) is 4.16. The molecule has 0 spiro atoms. The molecule has 0 atom stereocenters. The van der Waals surface area contributed by atoms with Crippen molar-refractivity contribution in [2.24, 2.45) is 7.05 Å². The fourth-order valence-electron chi connectivity index (χ4n) is 2.17. The van der Waals surface area contributed by atoms with Crippen LogP contribution >= 0.6 is 0 Å². The lowest BCUT2D eigenvalue weighted by Gasteiger charge is -2.08. The van der Waals surface area contributed by atoms with Crippen LogP contribution in [0.3, 0.4) is 0 Å². The lowest BCUT2D eigenvalue weighted by Crippen LogP contribution is -2.23. The van der Waals surface area contributed by atoms with Crippen molar-refractivity contribution in [1.82, 2.24) is 15.1 Å². The molecule has 5 nitrogen and oxygen atoms in total. The Morgan fingerprint density at radius 3 is 2.65 bits per heavy atom. The first-order chi connectivity index (χ1) is 9.40. The Bertz CT molecular complexity index is 659. The highest BCUT2D eigenvalue weighted by Gasteiger charge is 2.14. The predicted molar refractivity (Wildman–Crippen MR) is 76.7 cm³/mol. The molecule has 106 valence electrons. The Hall–Kier alpha value is -2.30. The normalized spacial score (nSPS) is 10.6. The Kier molecular flexibility index (Phi) is 3.79. The van der Waals surface area contributed by atoms with Crippen molar-refractivity contribution < 1.29 is 9.90 Å². The van der Waals surface area contributed by atoms with Crippen molar-refractivity contribution >= 4 is 5.91 Å². The van der Waals surface area contributed by atoms with Gasteiger partial charge in [-0.1, -0.05) is 11.6 Å². The fraction of sp³-hybridized carbons (Fsp3) is 0.333. The van der Waals surface area contributed by atoms with E-state index in [9.17, 15) is 9.90 Å². The Morgan fingerprint density at radius 2 is 2.05 bits per heavy atom. The third kappa shape index (κ3) is 2.66. The zero-order valence-corrected chi connectivity index (χ0v) is 12.2. The maximum atomic E-state index is 12.1. The first kappa shape index (κ1) is 14.1. The third-order valence-electron chi connectivity index (χ3n) is 3.48. The Morgan fingerprint density at radius 1 is 1.35 bits per heavy atom. The number of nitrogens with one attached hydrogen (secondary N) is 1. The SMILES string of the molecule is Cc1ccc(O)c(C(=O)NCc2c(C)nn(C)c2C)c1. The molecular weight excluding hydrogens is 254 g/mol. The molecule has 0 aliphatic rings. The largest absolute Gasteiger partial charge is 0.507 e. The van der Waals surface area contributed by atoms with E-state index in [1.165, 1.54) is 6.07 Å². The van der Waals surface area contributed by atoms with Gasteiger partial charge in [-0.05, 0) is 32.9 Å². The highest BCUT2D eigenvalue weighted by Crippen LogP contribution is 2.18. The molecule has 0 bridgehead atoms. The van der Waals surface area contributed by atoms with Gasteiger partial charge >= 0.3 is 0 Å². The molecule has 1 amide bonds. The van der Waals surface area contributed by atoms with Gasteiger partial charge in [-0.2, -0.15) is 5.10 Å². The van der Waals surface area contributed by atoms with E-state index < -0.39 is 0 Å². The number of aromatic hydroxyl groups is 1. The lowest BCUT2D eigenvalue weighted by molar-refractivity contribution is 0.0948. The van der Waals surface area contributed by atoms with Crippen molar-refractivity contribution in [2.45, 2.75) is 27.3 Å². The van der Waals surface area contributed by atoms with Crippen molar-refractivity contribution in [2.75, 3.05) is 0 Å². The first-order valence-electron chi connectivity index (χ1n) is 6.47. The van der Waals surface area contributed by atoms with Crippen LogP contribution in [0.25, 0.3) is 0 Å². The first-order valence-corrected chi connectivity index (χ1v) is 6.47. The van der Waals surface area contributed by atoms with Gasteiger partial charge in [-0.3, -0.25) is 9.48 Å². The second-order valence-electron chi connectivity index (χ2n) is 4.98. The van der Waals surface area contributed by atoms with Gasteiger partial charge in [-0.15, -0.1) is 0 Å². The molecular formula is C15H19N3O2. The summed E-state index contributed by atoms with van der Waals surface area (Å²) in [5, 5.41) is 16.9. The fourth-order valence-corrected chi connectivity index (χ4v) is 2.17. The van der Waals surface area contributed by atoms with Crippen molar-refractivity contribution in [1.29, 1.82) is 0 Å². The molecule has 1 heterocycles. The smallest absolute Gasteiger partial charge is 0.255 e. The van der Waals surface area contributed by atoms with E-state index in [1.807, 2.05) is 27.8 Å². The molecule has 5 heteroatoms. The summed E-state index contributed by atoms with van der Waals surface area (Å²) in [4.78, 5) is 12.1. The highest BCUT2D eigenvalue weighted by molar-refractivity contribution is 5.96. The monoisotopic (exact) mass is 273 g/mol. The number of aromatic nitrogens is 2. The number of hydrogen-bond donors (Lipinski definition) is 2. The molecule has 2 N–H and O–H groups in total. The Balaban J connectivity index is 2.15. The van der Waals surface area contributed by atoms with Crippen LogP contribution in [0, 0.1) is 20.8 Å². The number of benzene rings is 1. The molecule has 2 aromatic rings. The minimum absolute atomic E-state index is 0.00673. The van der Waals surface area contributed by atoms with E-state index >= 15 is 0 Å². The summed E-state index contributed by atoms with van der Waals surface area (Å²) in [6.07, 6.45) is 0. The van der Waals surface area contributed by atoms with E-state index in [0.717, 1.165) is 22.5 Å². The molecule has 0 radical (unpaired) electrons. The van der Waals surface area contributed by atoms with E-state index in [-0.39, 0.29) is 11.7 Å². The van der Waals surface area contributed by atoms with Gasteiger partial charge in [0.25, 0.3) is 5.91 Å². The third-order valence-corrected chi connectivity index (χ3v) is 3.48. The van der Waals surface area contributed by atoms with Crippen LogP contribution in [0.2, 0.25) is 0 Å². The van der Waals surface area contributed by atoms with Crippen molar-refractivity contribution in [3.8, 4) is 5.75 Å². The summed E-state index contributed by atoms with van der Waals surface area (Å²) in [5.74, 6) is -0.290. The molecule has 2 rings (SSSR count). The number of amides is 1. The number of carbonyl (C=O) groups is 1. The highest BCUT2D eigenvalue weighted by atomic mass is 16.3. The average molecular weight is 273 g/mol. The molecule has 0 aliphatic carbocycles. The number of nitrogens with zero attached hydrogens (tertiary/aromatic N) is 2. The number of rotatable bonds is 3. The van der Waals surface area contributed by atoms with Crippen LogP contribution < -0.4 is 5.32 Å². The number of phenolic OH excluding ortho intramolecular Hbond substituents is 1. The van der Waals surface area contributed by atoms with Crippen molar-refractivity contribution in [3.05, 3.63) is 46.3 Å². The van der Waals surface area contributed by atoms with E-state index in [0.29, 0.717) is 12.1 Å². The second kappa shape index (κ2) is 5.36. The number of phenols is 1. The molecule has 1 aromatic carbocycles. The summed E-state index contributed by atoms with van der Waals surface area (Å²) < 4.78 is 1.79. The average Bonchev–Trinajstić information content (AvgIpc) is 2.64. The van der Waals surface area contributed by atoms with Gasteiger partial charge in [0.1, 0.15) is 5.75 Å². The predicted octanol–water partition coefficient (Wildman–Crippen LogP) is 1.98. The van der Waals surface area contributed by atoms with Gasteiger partial charge < -0.3 is 10.4 Å². The van der Waals surface area contributed by atoms with Gasteiger partial charge in [-0.25, -0.2) is 0 Å². The molecule has 1 aromatic heterocycles. The van der Waals surface area contributed by atoms with Crippen LogP contribution in [0.5, 0.6) is 5.75 Å². The summed E-state index contributed by atoms with van der Waals surface area (Å²) in [7, 11) is 1.88. The van der Waals surface area contributed by atoms with E-state index in [1.54, 1.807) is 16.8 Å². The molecule has 0 unspecified atom stereocenters. The van der Waals surface area contributed by atoms with Crippen LogP contribution in [0.1, 0.15) is 32.9 Å². The van der Waals surface area contributed by atoms with Crippen LogP contribution in [-0.4, -0.2) is 20.8 Å². The molecule has 0 saturated carbocycles. The standard InChI is InChI=1S/C15H19N3O2/c1-9-5-6-14(19)12(7-9)15(20)16-8-13-10(2)17-18(4)11(13)3/h5-7,19H,8H2,1-4H3,(H,16,20). The van der Waals surface area contributed by atoms with E-state index in [4.69, 9.17) is 0 Å². The van der Waals surface area contributed by atoms with E-state index in [2.05, 4.69) is 10.4 Å². The van der Waals surface area contributed by atoms with Gasteiger partial charge in [0.15, 0.2) is 0 Å². The van der Waals surface area contributed by atoms with Crippen LogP contribution in [0.4, 0.5) is 0 Å². The maximum absolute atomic E-state index is 12.1. The molecule has 0 saturated heterocycles. The maximum Gasteiger partial charge on any atom is 0.255 e. The summed E-state index contributed by atoms with van der Waals surface area (Å²) >= 11 is 0. The molecule has 0 aliphatic heterocycles. The Labute approximate surface area is 118 Å².